The van der Waals surface area contributed by atoms with Crippen molar-refractivity contribution in [2.45, 2.75) is 13.3 Å². The molecule has 4 nitrogen and oxygen atoms in total. The van der Waals surface area contributed by atoms with E-state index in [1.54, 1.807) is 11.9 Å². The predicted octanol–water partition coefficient (Wildman–Crippen LogP) is 2.44. The summed E-state index contributed by atoms with van der Waals surface area (Å²) in [5, 5.41) is 8.85. The van der Waals surface area contributed by atoms with Crippen molar-refractivity contribution >= 4 is 33.5 Å². The molecule has 1 N–H and O–H groups in total. The topological polar surface area (TPSA) is 57.6 Å². The lowest BCUT2D eigenvalue weighted by Gasteiger charge is -2.20. The van der Waals surface area contributed by atoms with Gasteiger partial charge in [-0.05, 0) is 31.0 Å². The number of halogens is 1. The average Bonchev–Trinajstić information content (AvgIpc) is 3.10. The number of amides is 1. The molecule has 0 radical (unpaired) electrons. The molecule has 1 amide bonds. The highest BCUT2D eigenvalue weighted by atomic mass is 79.9. The largest absolute Gasteiger partial charge is 0.481 e. The first-order chi connectivity index (χ1) is 8.41. The summed E-state index contributed by atoms with van der Waals surface area (Å²) in [5.41, 5.74) is 1.80. The van der Waals surface area contributed by atoms with Crippen LogP contribution in [0, 0.1) is 18.8 Å². The molecule has 5 heteroatoms. The molecule has 0 aliphatic heterocycles. The minimum Gasteiger partial charge on any atom is -0.481 e. The Morgan fingerprint density at radius 2 is 2.06 bits per heavy atom. The van der Waals surface area contributed by atoms with Crippen LogP contribution >= 0.6 is 15.9 Å². The van der Waals surface area contributed by atoms with Crippen LogP contribution in [0.1, 0.15) is 12.0 Å². The van der Waals surface area contributed by atoms with E-state index < -0.39 is 11.9 Å². The van der Waals surface area contributed by atoms with E-state index in [4.69, 9.17) is 5.11 Å². The van der Waals surface area contributed by atoms with Crippen LogP contribution in [0.4, 0.5) is 5.69 Å². The Morgan fingerprint density at radius 3 is 2.61 bits per heavy atom. The van der Waals surface area contributed by atoms with Gasteiger partial charge in [-0.2, -0.15) is 0 Å². The third-order valence-corrected chi connectivity index (χ3v) is 3.78. The van der Waals surface area contributed by atoms with Crippen LogP contribution in [-0.2, 0) is 9.59 Å². The minimum absolute atomic E-state index is 0.122. The number of carbonyl (C=O) groups excluding carboxylic acids is 1. The zero-order chi connectivity index (χ0) is 13.4. The van der Waals surface area contributed by atoms with E-state index in [1.807, 2.05) is 25.1 Å². The Balaban J connectivity index is 2.17. The van der Waals surface area contributed by atoms with Crippen LogP contribution in [0.2, 0.25) is 0 Å². The third kappa shape index (κ3) is 2.41. The molecule has 1 aromatic carbocycles. The standard InChI is InChI=1S/C13H14BrNO3/c1-7-3-4-8(14)5-11(7)15(2)12(16)9-6-10(9)13(17)18/h3-5,9-10H,6H2,1-2H3,(H,17,18). The van der Waals surface area contributed by atoms with Gasteiger partial charge in [-0.25, -0.2) is 0 Å². The monoisotopic (exact) mass is 311 g/mol. The molecule has 2 rings (SSSR count). The van der Waals surface area contributed by atoms with Crippen molar-refractivity contribution in [3.05, 3.63) is 28.2 Å². The second-order valence-corrected chi connectivity index (χ2v) is 5.53. The summed E-state index contributed by atoms with van der Waals surface area (Å²) in [7, 11) is 1.69. The predicted molar refractivity (Wildman–Crippen MR) is 71.5 cm³/mol. The number of nitrogens with zero attached hydrogens (tertiary/aromatic N) is 1. The van der Waals surface area contributed by atoms with Crippen LogP contribution in [-0.4, -0.2) is 24.0 Å². The van der Waals surface area contributed by atoms with E-state index in [1.165, 1.54) is 0 Å². The average molecular weight is 312 g/mol. The molecule has 96 valence electrons. The lowest BCUT2D eigenvalue weighted by Crippen LogP contribution is -2.29. The van der Waals surface area contributed by atoms with Gasteiger partial charge in [0.25, 0.3) is 0 Å². The van der Waals surface area contributed by atoms with E-state index in [-0.39, 0.29) is 11.8 Å². The Labute approximate surface area is 114 Å². The lowest BCUT2D eigenvalue weighted by molar-refractivity contribution is -0.139. The van der Waals surface area contributed by atoms with Gasteiger partial charge in [-0.1, -0.05) is 22.0 Å². The Morgan fingerprint density at radius 1 is 1.39 bits per heavy atom. The molecule has 0 saturated heterocycles. The van der Waals surface area contributed by atoms with Crippen molar-refractivity contribution in [1.82, 2.24) is 0 Å². The van der Waals surface area contributed by atoms with Gasteiger partial charge in [-0.3, -0.25) is 9.59 Å². The first-order valence-corrected chi connectivity index (χ1v) is 6.47. The summed E-state index contributed by atoms with van der Waals surface area (Å²) in [4.78, 5) is 24.5. The number of carboxylic acids is 1. The fourth-order valence-corrected chi connectivity index (χ4v) is 2.40. The van der Waals surface area contributed by atoms with Crippen molar-refractivity contribution in [3.8, 4) is 0 Å². The fraction of sp³-hybridized carbons (Fsp3) is 0.385. The molecule has 18 heavy (non-hydrogen) atoms. The second-order valence-electron chi connectivity index (χ2n) is 4.61. The Bertz CT molecular complexity index is 515. The summed E-state index contributed by atoms with van der Waals surface area (Å²) in [6, 6.07) is 5.70. The Kier molecular flexibility index (Phi) is 3.43. The summed E-state index contributed by atoms with van der Waals surface area (Å²) in [5.74, 6) is -1.88. The maximum Gasteiger partial charge on any atom is 0.307 e. The molecular weight excluding hydrogens is 298 g/mol. The molecule has 2 atom stereocenters. The highest BCUT2D eigenvalue weighted by Gasteiger charge is 2.49. The van der Waals surface area contributed by atoms with Crippen LogP contribution in [0.5, 0.6) is 0 Å². The van der Waals surface area contributed by atoms with Crippen LogP contribution in [0.15, 0.2) is 22.7 Å². The van der Waals surface area contributed by atoms with Gasteiger partial charge in [0.15, 0.2) is 0 Å². The van der Waals surface area contributed by atoms with E-state index >= 15 is 0 Å². The third-order valence-electron chi connectivity index (χ3n) is 3.29. The zero-order valence-corrected chi connectivity index (χ0v) is 11.8. The van der Waals surface area contributed by atoms with Crippen molar-refractivity contribution in [2.24, 2.45) is 11.8 Å². The normalized spacial score (nSPS) is 21.5. The molecule has 1 aliphatic rings. The number of hydrogen-bond donors (Lipinski definition) is 1. The van der Waals surface area contributed by atoms with Gasteiger partial charge in [-0.15, -0.1) is 0 Å². The SMILES string of the molecule is Cc1ccc(Br)cc1N(C)C(=O)C1CC1C(=O)O. The summed E-state index contributed by atoms with van der Waals surface area (Å²) < 4.78 is 0.897. The van der Waals surface area contributed by atoms with Crippen molar-refractivity contribution in [1.29, 1.82) is 0 Å². The smallest absolute Gasteiger partial charge is 0.307 e. The van der Waals surface area contributed by atoms with Gasteiger partial charge < -0.3 is 10.0 Å². The molecule has 0 bridgehead atoms. The Hall–Kier alpha value is -1.36. The molecule has 1 aromatic rings. The van der Waals surface area contributed by atoms with E-state index in [0.717, 1.165) is 15.7 Å². The molecular formula is C13H14BrNO3. The number of aryl methyl sites for hydroxylation is 1. The number of rotatable bonds is 3. The van der Waals surface area contributed by atoms with Gasteiger partial charge in [0.2, 0.25) is 5.91 Å². The first-order valence-electron chi connectivity index (χ1n) is 5.68. The number of aliphatic carboxylic acids is 1. The minimum atomic E-state index is -0.882. The summed E-state index contributed by atoms with van der Waals surface area (Å²) in [6.45, 7) is 1.92. The molecule has 1 fully saturated rings. The van der Waals surface area contributed by atoms with Gasteiger partial charge in [0.05, 0.1) is 11.8 Å². The zero-order valence-electron chi connectivity index (χ0n) is 10.2. The van der Waals surface area contributed by atoms with E-state index in [9.17, 15) is 9.59 Å². The highest BCUT2D eigenvalue weighted by molar-refractivity contribution is 9.10. The molecule has 0 heterocycles. The van der Waals surface area contributed by atoms with Crippen LogP contribution in [0.3, 0.4) is 0 Å². The van der Waals surface area contributed by atoms with E-state index in [2.05, 4.69) is 15.9 Å². The second kappa shape index (κ2) is 4.72. The first kappa shape index (κ1) is 13.1. The molecule has 0 aromatic heterocycles. The van der Waals surface area contributed by atoms with Gasteiger partial charge in [0, 0.05) is 17.2 Å². The summed E-state index contributed by atoms with van der Waals surface area (Å²) in [6.07, 6.45) is 0.450. The summed E-state index contributed by atoms with van der Waals surface area (Å²) >= 11 is 3.37. The van der Waals surface area contributed by atoms with E-state index in [0.29, 0.717) is 6.42 Å². The molecule has 1 aliphatic carbocycles. The van der Waals surface area contributed by atoms with Gasteiger partial charge >= 0.3 is 5.97 Å². The van der Waals surface area contributed by atoms with Crippen LogP contribution in [0.25, 0.3) is 0 Å². The quantitative estimate of drug-likeness (QED) is 0.932. The number of carboxylic acid groups (broad SMARTS) is 1. The number of hydrogen-bond acceptors (Lipinski definition) is 2. The highest BCUT2D eigenvalue weighted by Crippen LogP contribution is 2.41. The van der Waals surface area contributed by atoms with Crippen molar-refractivity contribution in [2.75, 3.05) is 11.9 Å². The molecule has 2 unspecified atom stereocenters. The molecule has 1 saturated carbocycles. The lowest BCUT2D eigenvalue weighted by atomic mass is 10.1. The van der Waals surface area contributed by atoms with Crippen molar-refractivity contribution in [3.63, 3.8) is 0 Å². The van der Waals surface area contributed by atoms with Gasteiger partial charge in [0.1, 0.15) is 0 Å². The van der Waals surface area contributed by atoms with Crippen molar-refractivity contribution < 1.29 is 14.7 Å². The number of anilines is 1. The fourth-order valence-electron chi connectivity index (χ4n) is 2.05. The maximum atomic E-state index is 12.1. The molecule has 0 spiro atoms. The van der Waals surface area contributed by atoms with Crippen LogP contribution < -0.4 is 4.90 Å². The number of carbonyl (C=O) groups is 2. The number of benzene rings is 1. The maximum absolute atomic E-state index is 12.1.